The Kier molecular flexibility index (Phi) is 9.36. The van der Waals surface area contributed by atoms with Crippen molar-refractivity contribution in [3.63, 3.8) is 0 Å². The lowest BCUT2D eigenvalue weighted by Gasteiger charge is -2.37. The van der Waals surface area contributed by atoms with Crippen molar-refractivity contribution in [2.75, 3.05) is 46.8 Å². The normalized spacial score (nSPS) is 24.3. The average Bonchev–Trinajstić information content (AvgIpc) is 3.45. The summed E-state index contributed by atoms with van der Waals surface area (Å²) in [4.78, 5) is 7.52. The summed E-state index contributed by atoms with van der Waals surface area (Å²) in [6.45, 7) is 15.6. The summed E-state index contributed by atoms with van der Waals surface area (Å²) in [6, 6.07) is 3.10. The van der Waals surface area contributed by atoms with Gasteiger partial charge < -0.3 is 20.0 Å². The number of nitrogens with zero attached hydrogens (tertiary/aromatic N) is 3. The standard InChI is InChI=1S/C12H24N2.C10H22N2/c1-10(2)14-7-5-12(6-8-14)13-9-11-3-4-11;1-9(2)12-7-5-10(6-8-12)11(3)4/h10-13H,3-9H2,1-2H3;9-10H,5-8H2,1-4H3. The molecule has 0 aromatic heterocycles. The van der Waals surface area contributed by atoms with E-state index in [1.807, 2.05) is 0 Å². The van der Waals surface area contributed by atoms with Gasteiger partial charge in [-0.15, -0.1) is 0 Å². The monoisotopic (exact) mass is 366 g/mol. The van der Waals surface area contributed by atoms with E-state index in [4.69, 9.17) is 0 Å². The molecule has 1 saturated carbocycles. The second kappa shape index (κ2) is 11.0. The third-order valence-electron chi connectivity index (χ3n) is 6.61. The van der Waals surface area contributed by atoms with Gasteiger partial charge >= 0.3 is 0 Å². The van der Waals surface area contributed by atoms with Gasteiger partial charge in [-0.25, -0.2) is 0 Å². The maximum atomic E-state index is 3.72. The van der Waals surface area contributed by atoms with Gasteiger partial charge in [0, 0.05) is 24.2 Å². The van der Waals surface area contributed by atoms with E-state index >= 15 is 0 Å². The Hall–Kier alpha value is -0.160. The molecule has 26 heavy (non-hydrogen) atoms. The minimum Gasteiger partial charge on any atom is -0.314 e. The summed E-state index contributed by atoms with van der Waals surface area (Å²) in [5.74, 6) is 1.03. The van der Waals surface area contributed by atoms with E-state index in [1.165, 1.54) is 71.2 Å². The van der Waals surface area contributed by atoms with Crippen molar-refractivity contribution in [1.82, 2.24) is 20.0 Å². The van der Waals surface area contributed by atoms with E-state index in [1.54, 1.807) is 0 Å². The highest BCUT2D eigenvalue weighted by Gasteiger charge is 2.25. The molecular formula is C22H46N4. The largest absolute Gasteiger partial charge is 0.314 e. The molecule has 2 saturated heterocycles. The topological polar surface area (TPSA) is 21.8 Å². The molecule has 0 spiro atoms. The predicted molar refractivity (Wildman–Crippen MR) is 114 cm³/mol. The minimum absolute atomic E-state index is 0.730. The lowest BCUT2D eigenvalue weighted by molar-refractivity contribution is 0.121. The molecule has 0 aromatic carbocycles. The molecule has 0 unspecified atom stereocenters. The van der Waals surface area contributed by atoms with Gasteiger partial charge in [-0.2, -0.15) is 0 Å². The van der Waals surface area contributed by atoms with Crippen LogP contribution in [-0.2, 0) is 0 Å². The zero-order valence-electron chi connectivity index (χ0n) is 18.5. The molecule has 3 aliphatic rings. The lowest BCUT2D eigenvalue weighted by atomic mass is 10.0. The molecule has 4 nitrogen and oxygen atoms in total. The van der Waals surface area contributed by atoms with E-state index in [2.05, 4.69) is 61.8 Å². The number of hydrogen-bond donors (Lipinski definition) is 1. The molecule has 3 fully saturated rings. The molecule has 0 atom stereocenters. The third kappa shape index (κ3) is 7.84. The first-order valence-electron chi connectivity index (χ1n) is 11.2. The fourth-order valence-electron chi connectivity index (χ4n) is 4.19. The van der Waals surface area contributed by atoms with Crippen molar-refractivity contribution in [2.24, 2.45) is 5.92 Å². The van der Waals surface area contributed by atoms with Crippen molar-refractivity contribution in [3.8, 4) is 0 Å². The number of likely N-dealkylation sites (tertiary alicyclic amines) is 2. The summed E-state index contributed by atoms with van der Waals surface area (Å²) in [6.07, 6.45) is 8.32. The van der Waals surface area contributed by atoms with Crippen LogP contribution < -0.4 is 5.32 Å². The van der Waals surface area contributed by atoms with Gasteiger partial charge in [0.05, 0.1) is 0 Å². The Labute approximate surface area is 163 Å². The highest BCUT2D eigenvalue weighted by molar-refractivity contribution is 4.82. The molecule has 2 aliphatic heterocycles. The van der Waals surface area contributed by atoms with Crippen LogP contribution in [0.3, 0.4) is 0 Å². The average molecular weight is 367 g/mol. The Morgan fingerprint density at radius 1 is 0.769 bits per heavy atom. The predicted octanol–water partition coefficient (Wildman–Crippen LogP) is 3.28. The highest BCUT2D eigenvalue weighted by atomic mass is 15.2. The van der Waals surface area contributed by atoms with Crippen molar-refractivity contribution >= 4 is 0 Å². The maximum Gasteiger partial charge on any atom is 0.0113 e. The van der Waals surface area contributed by atoms with Crippen LogP contribution in [0.2, 0.25) is 0 Å². The molecule has 0 aromatic rings. The molecule has 0 amide bonds. The van der Waals surface area contributed by atoms with Gasteiger partial charge in [0.25, 0.3) is 0 Å². The number of hydrogen-bond acceptors (Lipinski definition) is 4. The van der Waals surface area contributed by atoms with Gasteiger partial charge in [0.2, 0.25) is 0 Å². The van der Waals surface area contributed by atoms with Crippen LogP contribution in [-0.4, -0.2) is 85.7 Å². The maximum absolute atomic E-state index is 3.72. The molecule has 1 N–H and O–H groups in total. The molecular weight excluding hydrogens is 320 g/mol. The molecule has 4 heteroatoms. The van der Waals surface area contributed by atoms with Crippen LogP contribution in [0.25, 0.3) is 0 Å². The molecule has 154 valence electrons. The second-order valence-corrected chi connectivity index (χ2v) is 9.58. The van der Waals surface area contributed by atoms with E-state index in [0.717, 1.165) is 30.1 Å². The number of piperidine rings is 2. The van der Waals surface area contributed by atoms with E-state index in [-0.39, 0.29) is 0 Å². The summed E-state index contributed by atoms with van der Waals surface area (Å²) in [5.41, 5.74) is 0. The van der Waals surface area contributed by atoms with Crippen LogP contribution >= 0.6 is 0 Å². The van der Waals surface area contributed by atoms with Gasteiger partial charge in [0.15, 0.2) is 0 Å². The molecule has 3 rings (SSSR count). The fraction of sp³-hybridized carbons (Fsp3) is 1.00. The van der Waals surface area contributed by atoms with E-state index < -0.39 is 0 Å². The first kappa shape index (κ1) is 22.1. The molecule has 1 aliphatic carbocycles. The van der Waals surface area contributed by atoms with Crippen molar-refractivity contribution < 1.29 is 0 Å². The van der Waals surface area contributed by atoms with Crippen LogP contribution in [0.15, 0.2) is 0 Å². The quantitative estimate of drug-likeness (QED) is 0.779. The van der Waals surface area contributed by atoms with Crippen LogP contribution in [0.5, 0.6) is 0 Å². The van der Waals surface area contributed by atoms with Crippen molar-refractivity contribution in [3.05, 3.63) is 0 Å². The Morgan fingerprint density at radius 3 is 1.62 bits per heavy atom. The molecule has 0 radical (unpaired) electrons. The summed E-state index contributed by atoms with van der Waals surface area (Å²) < 4.78 is 0. The van der Waals surface area contributed by atoms with Crippen molar-refractivity contribution in [1.29, 1.82) is 0 Å². The first-order chi connectivity index (χ1) is 12.4. The van der Waals surface area contributed by atoms with Gasteiger partial charge in [-0.1, -0.05) is 0 Å². The van der Waals surface area contributed by atoms with E-state index in [9.17, 15) is 0 Å². The fourth-order valence-corrected chi connectivity index (χ4v) is 4.19. The van der Waals surface area contributed by atoms with Crippen molar-refractivity contribution in [2.45, 2.75) is 90.4 Å². The molecule has 0 bridgehead atoms. The molecule has 2 heterocycles. The summed E-state index contributed by atoms with van der Waals surface area (Å²) >= 11 is 0. The van der Waals surface area contributed by atoms with E-state index in [0.29, 0.717) is 0 Å². The Balaban J connectivity index is 0.000000190. The smallest absolute Gasteiger partial charge is 0.0113 e. The highest BCUT2D eigenvalue weighted by Crippen LogP contribution is 2.28. The van der Waals surface area contributed by atoms with Gasteiger partial charge in [-0.05, 0) is 119 Å². The van der Waals surface area contributed by atoms with Crippen LogP contribution in [0.4, 0.5) is 0 Å². The first-order valence-corrected chi connectivity index (χ1v) is 11.2. The second-order valence-electron chi connectivity index (χ2n) is 9.58. The van der Waals surface area contributed by atoms with Gasteiger partial charge in [0.1, 0.15) is 0 Å². The minimum atomic E-state index is 0.730. The Bertz CT molecular complexity index is 346. The number of nitrogens with one attached hydrogen (secondary N) is 1. The zero-order valence-corrected chi connectivity index (χ0v) is 18.5. The Morgan fingerprint density at radius 2 is 1.23 bits per heavy atom. The van der Waals surface area contributed by atoms with Crippen LogP contribution in [0, 0.1) is 5.92 Å². The number of rotatable bonds is 6. The summed E-state index contributed by atoms with van der Waals surface area (Å²) in [5, 5.41) is 3.72. The zero-order chi connectivity index (χ0) is 19.1. The SMILES string of the molecule is CC(C)N1CCC(N(C)C)CC1.CC(C)N1CCC(NCC2CC2)CC1. The summed E-state index contributed by atoms with van der Waals surface area (Å²) in [7, 11) is 4.38. The van der Waals surface area contributed by atoms with Crippen LogP contribution in [0.1, 0.15) is 66.2 Å². The van der Waals surface area contributed by atoms with Gasteiger partial charge in [-0.3, -0.25) is 0 Å². The third-order valence-corrected chi connectivity index (χ3v) is 6.61. The lowest BCUT2D eigenvalue weighted by Crippen LogP contribution is -2.45.